The largest absolute Gasteiger partial charge is 0.394 e. The number of urea groups is 1. The summed E-state index contributed by atoms with van der Waals surface area (Å²) < 4.78 is 25.9. The quantitative estimate of drug-likeness (QED) is 0.658. The zero-order valence-electron chi connectivity index (χ0n) is 9.00. The van der Waals surface area contributed by atoms with Crippen LogP contribution in [0.15, 0.2) is 24.4 Å². The fraction of sp³-hybridized carbons (Fsp3) is 0. The second-order valence-electron chi connectivity index (χ2n) is 3.40. The van der Waals surface area contributed by atoms with E-state index in [0.29, 0.717) is 6.07 Å². The zero-order chi connectivity index (χ0) is 13.1. The molecule has 0 aliphatic carbocycles. The molecule has 0 atom stereocenters. The summed E-state index contributed by atoms with van der Waals surface area (Å²) in [5, 5.41) is 10.6. The van der Waals surface area contributed by atoms with Crippen LogP contribution in [-0.2, 0) is 0 Å². The molecule has 0 aliphatic rings. The van der Waals surface area contributed by atoms with Gasteiger partial charge in [-0.2, -0.15) is 5.10 Å². The van der Waals surface area contributed by atoms with Crippen molar-refractivity contribution in [3.63, 3.8) is 0 Å². The monoisotopic (exact) mass is 253 g/mol. The van der Waals surface area contributed by atoms with Crippen LogP contribution in [0.25, 0.3) is 0 Å². The lowest BCUT2D eigenvalue weighted by Gasteiger charge is -2.07. The molecule has 1 heterocycles. The lowest BCUT2D eigenvalue weighted by atomic mass is 10.3. The summed E-state index contributed by atoms with van der Waals surface area (Å²) in [5.74, 6) is -1.41. The minimum Gasteiger partial charge on any atom is -0.394 e. The number of rotatable bonds is 2. The van der Waals surface area contributed by atoms with Crippen molar-refractivity contribution >= 4 is 23.2 Å². The normalized spacial score (nSPS) is 10.1. The number of halogens is 2. The zero-order valence-corrected chi connectivity index (χ0v) is 9.00. The highest BCUT2D eigenvalue weighted by Crippen LogP contribution is 2.16. The van der Waals surface area contributed by atoms with Crippen LogP contribution in [0.5, 0.6) is 0 Å². The molecular weight excluding hydrogens is 244 g/mol. The molecule has 1 aromatic heterocycles. The number of carbonyl (C=O) groups excluding carboxylic acids is 1. The number of nitrogens with one attached hydrogen (secondary N) is 3. The summed E-state index contributed by atoms with van der Waals surface area (Å²) in [4.78, 5) is 11.5. The predicted octanol–water partition coefficient (Wildman–Crippen LogP) is 1.91. The second-order valence-corrected chi connectivity index (χ2v) is 3.40. The van der Waals surface area contributed by atoms with Crippen LogP contribution >= 0.6 is 0 Å². The van der Waals surface area contributed by atoms with E-state index in [0.717, 1.165) is 12.1 Å². The minimum atomic E-state index is -0.872. The van der Waals surface area contributed by atoms with Gasteiger partial charge in [0, 0.05) is 6.07 Å². The van der Waals surface area contributed by atoms with E-state index in [1.165, 1.54) is 6.20 Å². The van der Waals surface area contributed by atoms with E-state index in [-0.39, 0.29) is 17.2 Å². The lowest BCUT2D eigenvalue weighted by molar-refractivity contribution is 0.262. The maximum Gasteiger partial charge on any atom is 0.324 e. The van der Waals surface area contributed by atoms with Gasteiger partial charge in [0.15, 0.2) is 5.82 Å². The highest BCUT2D eigenvalue weighted by atomic mass is 19.1. The molecule has 2 amide bonds. The fourth-order valence-corrected chi connectivity index (χ4v) is 1.25. The number of H-pyrrole nitrogens is 1. The predicted molar refractivity (Wildman–Crippen MR) is 62.0 cm³/mol. The van der Waals surface area contributed by atoms with Crippen LogP contribution in [0.1, 0.15) is 0 Å². The molecule has 6 nitrogen and oxygen atoms in total. The molecule has 0 saturated heterocycles. The molecule has 18 heavy (non-hydrogen) atoms. The first kappa shape index (κ1) is 11.8. The SMILES string of the molecule is Nc1cn[nH]c1NC(=O)Nc1ccc(F)cc1F. The van der Waals surface area contributed by atoms with Gasteiger partial charge in [-0.25, -0.2) is 13.6 Å². The Morgan fingerprint density at radius 3 is 2.72 bits per heavy atom. The maximum atomic E-state index is 13.2. The third kappa shape index (κ3) is 2.54. The summed E-state index contributed by atoms with van der Waals surface area (Å²) in [6, 6.07) is 2.08. The smallest absolute Gasteiger partial charge is 0.324 e. The van der Waals surface area contributed by atoms with E-state index < -0.39 is 17.7 Å². The highest BCUT2D eigenvalue weighted by Gasteiger charge is 2.10. The van der Waals surface area contributed by atoms with Crippen LogP contribution in [0.3, 0.4) is 0 Å². The van der Waals surface area contributed by atoms with Gasteiger partial charge in [0.05, 0.1) is 17.6 Å². The fourth-order valence-electron chi connectivity index (χ4n) is 1.25. The Bertz CT molecular complexity index is 583. The highest BCUT2D eigenvalue weighted by molar-refractivity contribution is 6.00. The number of anilines is 3. The molecule has 94 valence electrons. The summed E-state index contributed by atoms with van der Waals surface area (Å²) in [6.45, 7) is 0. The van der Waals surface area contributed by atoms with Crippen molar-refractivity contribution in [2.24, 2.45) is 0 Å². The third-order valence-corrected chi connectivity index (χ3v) is 2.09. The van der Waals surface area contributed by atoms with Gasteiger partial charge in [-0.15, -0.1) is 0 Å². The molecular formula is C10H9F2N5O. The maximum absolute atomic E-state index is 13.2. The first-order chi connectivity index (χ1) is 8.56. The number of aromatic amines is 1. The molecule has 0 aliphatic heterocycles. The first-order valence-electron chi connectivity index (χ1n) is 4.88. The molecule has 2 rings (SSSR count). The van der Waals surface area contributed by atoms with Crippen LogP contribution in [0.2, 0.25) is 0 Å². The van der Waals surface area contributed by atoms with Crippen LogP contribution < -0.4 is 16.4 Å². The van der Waals surface area contributed by atoms with Crippen LogP contribution in [0, 0.1) is 11.6 Å². The Morgan fingerprint density at radius 2 is 2.11 bits per heavy atom. The van der Waals surface area contributed by atoms with E-state index in [1.807, 2.05) is 0 Å². The standard InChI is InChI=1S/C10H9F2N5O/c11-5-1-2-8(6(12)3-5)15-10(18)16-9-7(13)4-14-17-9/h1-4H,13H2,(H3,14,15,16,17,18). The van der Waals surface area contributed by atoms with Gasteiger partial charge < -0.3 is 11.1 Å². The molecule has 0 bridgehead atoms. The van der Waals surface area contributed by atoms with E-state index in [9.17, 15) is 13.6 Å². The number of hydrogen-bond acceptors (Lipinski definition) is 3. The Labute approximate surface area is 100 Å². The van der Waals surface area contributed by atoms with Crippen molar-refractivity contribution in [3.8, 4) is 0 Å². The lowest BCUT2D eigenvalue weighted by Crippen LogP contribution is -2.21. The molecule has 1 aromatic carbocycles. The van der Waals surface area contributed by atoms with Crippen molar-refractivity contribution in [2.75, 3.05) is 16.4 Å². The number of benzene rings is 1. The molecule has 5 N–H and O–H groups in total. The van der Waals surface area contributed by atoms with Gasteiger partial charge in [0.2, 0.25) is 0 Å². The van der Waals surface area contributed by atoms with Gasteiger partial charge in [-0.05, 0) is 12.1 Å². The van der Waals surface area contributed by atoms with Crippen molar-refractivity contribution in [1.82, 2.24) is 10.2 Å². The molecule has 0 fully saturated rings. The number of nitrogens with zero attached hydrogens (tertiary/aromatic N) is 1. The molecule has 8 heteroatoms. The average molecular weight is 253 g/mol. The van der Waals surface area contributed by atoms with Crippen molar-refractivity contribution < 1.29 is 13.6 Å². The van der Waals surface area contributed by atoms with Gasteiger partial charge in [-0.3, -0.25) is 10.4 Å². The van der Waals surface area contributed by atoms with Crippen LogP contribution in [0.4, 0.5) is 30.8 Å². The summed E-state index contributed by atoms with van der Waals surface area (Å²) in [6.07, 6.45) is 1.31. The number of hydrogen-bond donors (Lipinski definition) is 4. The number of aromatic nitrogens is 2. The van der Waals surface area contributed by atoms with Gasteiger partial charge >= 0.3 is 6.03 Å². The topological polar surface area (TPSA) is 95.8 Å². The Morgan fingerprint density at radius 1 is 1.33 bits per heavy atom. The van der Waals surface area contributed by atoms with Gasteiger partial charge in [0.1, 0.15) is 11.6 Å². The summed E-state index contributed by atoms with van der Waals surface area (Å²) in [5.41, 5.74) is 5.57. The minimum absolute atomic E-state index is 0.146. The third-order valence-electron chi connectivity index (χ3n) is 2.09. The number of nitrogen functional groups attached to an aromatic ring is 1. The average Bonchev–Trinajstić information content (AvgIpc) is 2.69. The molecule has 2 aromatic rings. The van der Waals surface area contributed by atoms with Crippen LogP contribution in [-0.4, -0.2) is 16.2 Å². The van der Waals surface area contributed by atoms with E-state index >= 15 is 0 Å². The number of amides is 2. The Kier molecular flexibility index (Phi) is 3.09. The van der Waals surface area contributed by atoms with E-state index in [4.69, 9.17) is 5.73 Å². The second kappa shape index (κ2) is 4.70. The first-order valence-corrected chi connectivity index (χ1v) is 4.88. The summed E-state index contributed by atoms with van der Waals surface area (Å²) in [7, 11) is 0. The Hall–Kier alpha value is -2.64. The van der Waals surface area contributed by atoms with Crippen molar-refractivity contribution in [1.29, 1.82) is 0 Å². The molecule has 0 unspecified atom stereocenters. The molecule has 0 radical (unpaired) electrons. The molecule has 0 spiro atoms. The van der Waals surface area contributed by atoms with Gasteiger partial charge in [0.25, 0.3) is 0 Å². The Balaban J connectivity index is 2.05. The van der Waals surface area contributed by atoms with Crippen molar-refractivity contribution in [2.45, 2.75) is 0 Å². The molecule has 0 saturated carbocycles. The number of carbonyl (C=O) groups is 1. The van der Waals surface area contributed by atoms with E-state index in [2.05, 4.69) is 20.8 Å². The van der Waals surface area contributed by atoms with Crippen molar-refractivity contribution in [3.05, 3.63) is 36.0 Å². The summed E-state index contributed by atoms with van der Waals surface area (Å²) >= 11 is 0. The van der Waals surface area contributed by atoms with E-state index in [1.54, 1.807) is 0 Å². The van der Waals surface area contributed by atoms with Gasteiger partial charge in [-0.1, -0.05) is 0 Å². The number of nitrogens with two attached hydrogens (primary N) is 1.